The Hall–Kier alpha value is -4.47. The van der Waals surface area contributed by atoms with E-state index >= 15 is 0 Å². The van der Waals surface area contributed by atoms with Crippen molar-refractivity contribution in [2.45, 2.75) is 32.0 Å². The number of rotatable bonds is 3. The molecule has 0 fully saturated rings. The van der Waals surface area contributed by atoms with Crippen molar-refractivity contribution in [3.05, 3.63) is 58.7 Å². The minimum absolute atomic E-state index is 0.176. The Balaban J connectivity index is 1.81. The van der Waals surface area contributed by atoms with E-state index in [0.29, 0.717) is 11.1 Å². The maximum atomic E-state index is 12.9. The summed E-state index contributed by atoms with van der Waals surface area (Å²) in [6.45, 7) is 3.24. The molecule has 0 amide bonds. The van der Waals surface area contributed by atoms with Crippen LogP contribution < -0.4 is 4.74 Å². The van der Waals surface area contributed by atoms with Crippen LogP contribution in [0.25, 0.3) is 0 Å². The van der Waals surface area contributed by atoms with E-state index in [4.69, 9.17) is 9.47 Å². The number of hydrogen-bond acceptors (Lipinski definition) is 10. The summed E-state index contributed by atoms with van der Waals surface area (Å²) in [4.78, 5) is 12.9. The molecule has 3 aromatic rings. The van der Waals surface area contributed by atoms with Gasteiger partial charge < -0.3 is 45.2 Å². The number of ether oxygens (including phenoxy) is 2. The smallest absolute Gasteiger partial charge is 0.338 e. The van der Waals surface area contributed by atoms with Crippen molar-refractivity contribution in [1.29, 1.82) is 0 Å². The molecule has 10 heteroatoms. The summed E-state index contributed by atoms with van der Waals surface area (Å²) in [6.07, 6.45) is -2.14. The lowest BCUT2D eigenvalue weighted by Crippen LogP contribution is -2.37. The predicted molar refractivity (Wildman–Crippen MR) is 117 cm³/mol. The third-order valence-corrected chi connectivity index (χ3v) is 5.89. The van der Waals surface area contributed by atoms with Gasteiger partial charge in [-0.3, -0.25) is 0 Å². The molecule has 3 aromatic carbocycles. The van der Waals surface area contributed by atoms with Crippen molar-refractivity contribution < 1.29 is 50.0 Å². The van der Waals surface area contributed by atoms with Crippen LogP contribution in [0.3, 0.4) is 0 Å². The van der Waals surface area contributed by atoms with E-state index in [9.17, 15) is 40.5 Å². The Morgan fingerprint density at radius 1 is 0.824 bits per heavy atom. The zero-order chi connectivity index (χ0) is 24.9. The fourth-order valence-electron chi connectivity index (χ4n) is 4.02. The number of aromatic hydroxyl groups is 7. The van der Waals surface area contributed by atoms with E-state index in [2.05, 4.69) is 0 Å². The van der Waals surface area contributed by atoms with Gasteiger partial charge in [0.25, 0.3) is 0 Å². The first-order chi connectivity index (χ1) is 16.0. The largest absolute Gasteiger partial charge is 0.507 e. The van der Waals surface area contributed by atoms with Crippen LogP contribution in [-0.4, -0.2) is 47.8 Å². The maximum Gasteiger partial charge on any atom is 0.338 e. The monoisotopic (exact) mass is 470 g/mol. The van der Waals surface area contributed by atoms with E-state index in [0.717, 1.165) is 18.2 Å². The molecule has 0 aliphatic carbocycles. The van der Waals surface area contributed by atoms with Gasteiger partial charge in [0.15, 0.2) is 34.9 Å². The van der Waals surface area contributed by atoms with E-state index in [1.807, 2.05) is 0 Å². The highest BCUT2D eigenvalue weighted by Gasteiger charge is 2.43. The van der Waals surface area contributed by atoms with Gasteiger partial charge in [-0.05, 0) is 31.2 Å². The van der Waals surface area contributed by atoms with Crippen LogP contribution in [0.1, 0.15) is 46.0 Å². The third-order valence-electron chi connectivity index (χ3n) is 5.89. The van der Waals surface area contributed by atoms with Gasteiger partial charge in [-0.2, -0.15) is 0 Å². The average molecular weight is 470 g/mol. The Morgan fingerprint density at radius 2 is 1.47 bits per heavy atom. The molecular formula is C24H22O10. The van der Waals surface area contributed by atoms with Gasteiger partial charge in [0.05, 0.1) is 5.56 Å². The maximum absolute atomic E-state index is 12.9. The molecule has 34 heavy (non-hydrogen) atoms. The van der Waals surface area contributed by atoms with E-state index in [1.165, 1.54) is 18.2 Å². The van der Waals surface area contributed by atoms with Gasteiger partial charge in [-0.15, -0.1) is 0 Å². The van der Waals surface area contributed by atoms with Gasteiger partial charge in [-0.25, -0.2) is 4.79 Å². The average Bonchev–Trinajstić information content (AvgIpc) is 2.78. The SMILES string of the molecule is Cc1c(O)cc(O)c2c1O[C@H](c1ccc(O)c(O)c1)C(OC(=O)c1cc(O)c(O)c(O)c1)C2C. The minimum atomic E-state index is -1.10. The van der Waals surface area contributed by atoms with Gasteiger partial charge in [0.2, 0.25) is 0 Å². The summed E-state index contributed by atoms with van der Waals surface area (Å²) in [5.41, 5.74) is 0.683. The normalized spacial score (nSPS) is 19.2. The first kappa shape index (κ1) is 22.7. The molecule has 1 heterocycles. The van der Waals surface area contributed by atoms with Gasteiger partial charge >= 0.3 is 5.97 Å². The second kappa shape index (κ2) is 8.14. The summed E-state index contributed by atoms with van der Waals surface area (Å²) in [5, 5.41) is 69.4. The predicted octanol–water partition coefficient (Wildman–Crippen LogP) is 3.40. The summed E-state index contributed by atoms with van der Waals surface area (Å²) in [6, 6.07) is 6.90. The number of fused-ring (bicyclic) bond motifs is 1. The Morgan fingerprint density at radius 3 is 2.09 bits per heavy atom. The molecule has 0 bridgehead atoms. The van der Waals surface area contributed by atoms with Crippen LogP contribution >= 0.6 is 0 Å². The fourth-order valence-corrected chi connectivity index (χ4v) is 4.02. The highest BCUT2D eigenvalue weighted by molar-refractivity contribution is 5.91. The number of hydrogen-bond donors (Lipinski definition) is 7. The van der Waals surface area contributed by atoms with Crippen LogP contribution in [0, 0.1) is 6.92 Å². The molecule has 10 nitrogen and oxygen atoms in total. The van der Waals surface area contributed by atoms with E-state index in [-0.39, 0.29) is 34.1 Å². The molecule has 0 aromatic heterocycles. The Kier molecular flexibility index (Phi) is 5.44. The summed E-state index contributed by atoms with van der Waals surface area (Å²) in [5.74, 6) is -5.03. The molecule has 7 N–H and O–H groups in total. The van der Waals surface area contributed by atoms with Gasteiger partial charge in [0.1, 0.15) is 23.4 Å². The lowest BCUT2D eigenvalue weighted by molar-refractivity contribution is -0.0302. The third kappa shape index (κ3) is 3.68. The highest BCUT2D eigenvalue weighted by atomic mass is 16.6. The molecule has 178 valence electrons. The molecule has 0 saturated carbocycles. The van der Waals surface area contributed by atoms with Crippen molar-refractivity contribution in [3.63, 3.8) is 0 Å². The van der Waals surface area contributed by atoms with Crippen molar-refractivity contribution in [3.8, 4) is 46.0 Å². The van der Waals surface area contributed by atoms with Gasteiger partial charge in [-0.1, -0.05) is 13.0 Å². The summed E-state index contributed by atoms with van der Waals surface area (Å²) < 4.78 is 11.7. The zero-order valence-corrected chi connectivity index (χ0v) is 18.1. The second-order valence-electron chi connectivity index (χ2n) is 8.09. The number of esters is 1. The molecule has 0 radical (unpaired) electrons. The summed E-state index contributed by atoms with van der Waals surface area (Å²) in [7, 11) is 0. The Labute approximate surface area is 193 Å². The number of benzene rings is 3. The zero-order valence-electron chi connectivity index (χ0n) is 18.1. The first-order valence-corrected chi connectivity index (χ1v) is 10.2. The molecule has 4 rings (SSSR count). The molecule has 2 unspecified atom stereocenters. The highest BCUT2D eigenvalue weighted by Crippen LogP contribution is 2.51. The van der Waals surface area contributed by atoms with Crippen molar-refractivity contribution in [2.24, 2.45) is 0 Å². The molecular weight excluding hydrogens is 448 g/mol. The van der Waals surface area contributed by atoms with Crippen molar-refractivity contribution >= 4 is 5.97 Å². The van der Waals surface area contributed by atoms with Crippen LogP contribution in [0.5, 0.6) is 46.0 Å². The van der Waals surface area contributed by atoms with Crippen LogP contribution in [0.4, 0.5) is 0 Å². The molecule has 0 spiro atoms. The Bertz CT molecular complexity index is 1280. The lowest BCUT2D eigenvalue weighted by atomic mass is 9.84. The summed E-state index contributed by atoms with van der Waals surface area (Å²) >= 11 is 0. The minimum Gasteiger partial charge on any atom is -0.507 e. The first-order valence-electron chi connectivity index (χ1n) is 10.2. The molecule has 0 saturated heterocycles. The molecule has 1 aliphatic heterocycles. The van der Waals surface area contributed by atoms with E-state index < -0.39 is 47.1 Å². The number of carbonyl (C=O) groups excluding carboxylic acids is 1. The topological polar surface area (TPSA) is 177 Å². The molecule has 3 atom stereocenters. The number of phenolic OH excluding ortho intramolecular Hbond substituents is 7. The quantitative estimate of drug-likeness (QED) is 0.222. The second-order valence-corrected chi connectivity index (χ2v) is 8.09. The standard InChI is InChI=1S/C24H22O10/c1-9-14(26)8-16(28)19-10(2)22(34-24(32)12-6-17(29)20(31)18(30)7-12)23(33-21(9)19)11-3-4-13(25)15(27)5-11/h3-8,10,22-23,25-31H,1-2H3/t10?,22?,23-/m1/s1. The number of carbonyl (C=O) groups is 1. The van der Waals surface area contributed by atoms with Crippen LogP contribution in [0.2, 0.25) is 0 Å². The lowest BCUT2D eigenvalue weighted by Gasteiger charge is -2.39. The molecule has 1 aliphatic rings. The van der Waals surface area contributed by atoms with Gasteiger partial charge in [0, 0.05) is 28.7 Å². The fraction of sp³-hybridized carbons (Fsp3) is 0.208. The number of phenols is 7. The van der Waals surface area contributed by atoms with Crippen molar-refractivity contribution in [2.75, 3.05) is 0 Å². The van der Waals surface area contributed by atoms with Crippen LogP contribution in [0.15, 0.2) is 36.4 Å². The van der Waals surface area contributed by atoms with E-state index in [1.54, 1.807) is 13.8 Å². The van der Waals surface area contributed by atoms with Crippen LogP contribution in [-0.2, 0) is 4.74 Å². The van der Waals surface area contributed by atoms with Crippen molar-refractivity contribution in [1.82, 2.24) is 0 Å².